The molecule has 0 radical (unpaired) electrons. The fraction of sp³-hybridized carbons (Fsp3) is 0.286. The molecule has 1 N–H and O–H groups in total. The maximum atomic E-state index is 11.8. The van der Waals surface area contributed by atoms with Crippen LogP contribution in [0.2, 0.25) is 0 Å². The molecule has 0 aliphatic heterocycles. The van der Waals surface area contributed by atoms with Crippen molar-refractivity contribution in [3.05, 3.63) is 40.9 Å². The van der Waals surface area contributed by atoms with Gasteiger partial charge < -0.3 is 10.1 Å². The van der Waals surface area contributed by atoms with Crippen LogP contribution in [0, 0.1) is 0 Å². The van der Waals surface area contributed by atoms with E-state index >= 15 is 0 Å². The maximum absolute atomic E-state index is 11.8. The number of anilines is 1. The number of carbonyl (C=O) groups is 2. The summed E-state index contributed by atoms with van der Waals surface area (Å²) in [6, 6.07) is 7.19. The van der Waals surface area contributed by atoms with E-state index in [2.05, 4.69) is 21.2 Å². The highest BCUT2D eigenvalue weighted by Crippen LogP contribution is 2.16. The molecule has 1 rings (SSSR count). The molecule has 19 heavy (non-hydrogen) atoms. The molecule has 4 nitrogen and oxygen atoms in total. The van der Waals surface area contributed by atoms with E-state index in [0.29, 0.717) is 5.69 Å². The van der Waals surface area contributed by atoms with Crippen molar-refractivity contribution in [3.63, 3.8) is 0 Å². The number of carbonyl (C=O) groups excluding carboxylic acids is 2. The first kappa shape index (κ1) is 15.4. The second-order valence-corrected chi connectivity index (χ2v) is 4.81. The lowest BCUT2D eigenvalue weighted by molar-refractivity contribution is -0.148. The summed E-state index contributed by atoms with van der Waals surface area (Å²) >= 11 is 3.31. The molecule has 1 aromatic rings. The molecule has 5 heteroatoms. The Kier molecular flexibility index (Phi) is 6.29. The third-order valence-electron chi connectivity index (χ3n) is 2.24. The SMILES string of the molecule is CC/C=C/C(=O)O[C@H](C)C(=O)Nc1cccc(Br)c1. The average Bonchev–Trinajstić information content (AvgIpc) is 2.36. The molecule has 0 fully saturated rings. The standard InChI is InChI=1S/C14H16BrNO3/c1-3-4-8-13(17)19-10(2)14(18)16-12-7-5-6-11(15)9-12/h4-10H,3H2,1-2H3,(H,16,18)/b8-4+/t10-/m1/s1. The molecule has 1 amide bonds. The zero-order chi connectivity index (χ0) is 14.3. The quantitative estimate of drug-likeness (QED) is 0.667. The van der Waals surface area contributed by atoms with Crippen molar-refractivity contribution in [2.75, 3.05) is 5.32 Å². The number of hydrogen-bond acceptors (Lipinski definition) is 3. The van der Waals surface area contributed by atoms with Crippen molar-refractivity contribution >= 4 is 33.5 Å². The fourth-order valence-electron chi connectivity index (χ4n) is 1.29. The summed E-state index contributed by atoms with van der Waals surface area (Å²) in [6.45, 7) is 3.44. The average molecular weight is 326 g/mol. The van der Waals surface area contributed by atoms with E-state index in [0.717, 1.165) is 10.9 Å². The van der Waals surface area contributed by atoms with Gasteiger partial charge in [0.1, 0.15) is 0 Å². The number of hydrogen-bond donors (Lipinski definition) is 1. The van der Waals surface area contributed by atoms with E-state index in [1.54, 1.807) is 24.3 Å². The van der Waals surface area contributed by atoms with Crippen LogP contribution in [-0.4, -0.2) is 18.0 Å². The van der Waals surface area contributed by atoms with Crippen molar-refractivity contribution in [1.29, 1.82) is 0 Å². The highest BCUT2D eigenvalue weighted by atomic mass is 79.9. The lowest BCUT2D eigenvalue weighted by Gasteiger charge is -2.12. The van der Waals surface area contributed by atoms with Gasteiger partial charge in [-0.3, -0.25) is 4.79 Å². The van der Waals surface area contributed by atoms with Gasteiger partial charge in [-0.1, -0.05) is 35.0 Å². The van der Waals surface area contributed by atoms with Gasteiger partial charge >= 0.3 is 5.97 Å². The molecular formula is C14H16BrNO3. The Bertz CT molecular complexity index is 485. The first-order valence-corrected chi connectivity index (χ1v) is 6.75. The minimum Gasteiger partial charge on any atom is -0.449 e. The molecule has 0 aliphatic rings. The molecule has 102 valence electrons. The van der Waals surface area contributed by atoms with Crippen LogP contribution in [0.5, 0.6) is 0 Å². The van der Waals surface area contributed by atoms with Crippen LogP contribution in [-0.2, 0) is 14.3 Å². The first-order chi connectivity index (χ1) is 9.02. The van der Waals surface area contributed by atoms with Crippen molar-refractivity contribution < 1.29 is 14.3 Å². The van der Waals surface area contributed by atoms with Gasteiger partial charge in [0.15, 0.2) is 6.10 Å². The Balaban J connectivity index is 2.53. The van der Waals surface area contributed by atoms with Crippen molar-refractivity contribution in [3.8, 4) is 0 Å². The normalized spacial score (nSPS) is 12.2. The number of nitrogens with one attached hydrogen (secondary N) is 1. The Hall–Kier alpha value is -1.62. The Morgan fingerprint density at radius 2 is 2.21 bits per heavy atom. The van der Waals surface area contributed by atoms with Crippen LogP contribution in [0.15, 0.2) is 40.9 Å². The number of allylic oxidation sites excluding steroid dienone is 1. The van der Waals surface area contributed by atoms with Gasteiger partial charge in [0, 0.05) is 16.2 Å². The summed E-state index contributed by atoms with van der Waals surface area (Å²) in [6.07, 6.45) is 2.91. The highest BCUT2D eigenvalue weighted by Gasteiger charge is 2.16. The van der Waals surface area contributed by atoms with Gasteiger partial charge in [-0.05, 0) is 31.5 Å². The van der Waals surface area contributed by atoms with Crippen LogP contribution in [0.1, 0.15) is 20.3 Å². The lowest BCUT2D eigenvalue weighted by Crippen LogP contribution is -2.29. The third-order valence-corrected chi connectivity index (χ3v) is 2.74. The largest absolute Gasteiger partial charge is 0.449 e. The van der Waals surface area contributed by atoms with E-state index in [1.165, 1.54) is 13.0 Å². The van der Waals surface area contributed by atoms with Gasteiger partial charge in [0.05, 0.1) is 0 Å². The zero-order valence-electron chi connectivity index (χ0n) is 10.9. The molecule has 0 saturated heterocycles. The highest BCUT2D eigenvalue weighted by molar-refractivity contribution is 9.10. The van der Waals surface area contributed by atoms with Gasteiger partial charge in [-0.15, -0.1) is 0 Å². The molecule has 1 atom stereocenters. The molecule has 0 spiro atoms. The van der Waals surface area contributed by atoms with Crippen molar-refractivity contribution in [2.24, 2.45) is 0 Å². The first-order valence-electron chi connectivity index (χ1n) is 5.96. The fourth-order valence-corrected chi connectivity index (χ4v) is 1.69. The number of amides is 1. The van der Waals surface area contributed by atoms with Crippen LogP contribution in [0.25, 0.3) is 0 Å². The second-order valence-electron chi connectivity index (χ2n) is 3.89. The van der Waals surface area contributed by atoms with Crippen molar-refractivity contribution in [2.45, 2.75) is 26.4 Å². The maximum Gasteiger partial charge on any atom is 0.331 e. The number of esters is 1. The predicted octanol–water partition coefficient (Wildman–Crippen LogP) is 3.29. The smallest absolute Gasteiger partial charge is 0.331 e. The summed E-state index contributed by atoms with van der Waals surface area (Å²) in [4.78, 5) is 23.1. The van der Waals surface area contributed by atoms with Gasteiger partial charge in [-0.2, -0.15) is 0 Å². The monoisotopic (exact) mass is 325 g/mol. The summed E-state index contributed by atoms with van der Waals surface area (Å²) < 4.78 is 5.83. The molecular weight excluding hydrogens is 310 g/mol. The summed E-state index contributed by atoms with van der Waals surface area (Å²) in [7, 11) is 0. The molecule has 0 aromatic heterocycles. The number of ether oxygens (including phenoxy) is 1. The predicted molar refractivity (Wildman–Crippen MR) is 77.8 cm³/mol. The van der Waals surface area contributed by atoms with E-state index in [1.807, 2.05) is 13.0 Å². The van der Waals surface area contributed by atoms with E-state index in [9.17, 15) is 9.59 Å². The zero-order valence-corrected chi connectivity index (χ0v) is 12.4. The van der Waals surface area contributed by atoms with Crippen LogP contribution in [0.4, 0.5) is 5.69 Å². The topological polar surface area (TPSA) is 55.4 Å². The van der Waals surface area contributed by atoms with E-state index < -0.39 is 12.1 Å². The van der Waals surface area contributed by atoms with Crippen LogP contribution in [0.3, 0.4) is 0 Å². The number of benzene rings is 1. The molecule has 0 heterocycles. The lowest BCUT2D eigenvalue weighted by atomic mass is 10.3. The van der Waals surface area contributed by atoms with Gasteiger partial charge in [0.2, 0.25) is 0 Å². The van der Waals surface area contributed by atoms with Crippen molar-refractivity contribution in [1.82, 2.24) is 0 Å². The Labute approximate surface area is 121 Å². The number of halogens is 1. The summed E-state index contributed by atoms with van der Waals surface area (Å²) in [5, 5.41) is 2.67. The molecule has 0 unspecified atom stereocenters. The minimum atomic E-state index is -0.840. The molecule has 0 saturated carbocycles. The Morgan fingerprint density at radius 3 is 2.84 bits per heavy atom. The number of rotatable bonds is 5. The van der Waals surface area contributed by atoms with Crippen LogP contribution >= 0.6 is 15.9 Å². The molecule has 1 aromatic carbocycles. The minimum absolute atomic E-state index is 0.364. The second kappa shape index (κ2) is 7.74. The van der Waals surface area contributed by atoms with E-state index in [4.69, 9.17) is 4.74 Å². The summed E-state index contributed by atoms with van der Waals surface area (Å²) in [5.41, 5.74) is 0.645. The van der Waals surface area contributed by atoms with E-state index in [-0.39, 0.29) is 5.91 Å². The summed E-state index contributed by atoms with van der Waals surface area (Å²) in [5.74, 6) is -0.880. The third kappa shape index (κ3) is 5.70. The van der Waals surface area contributed by atoms with Gasteiger partial charge in [0.25, 0.3) is 5.91 Å². The van der Waals surface area contributed by atoms with Crippen LogP contribution < -0.4 is 5.32 Å². The molecule has 0 bridgehead atoms. The molecule has 0 aliphatic carbocycles. The Morgan fingerprint density at radius 1 is 1.47 bits per heavy atom. The van der Waals surface area contributed by atoms with Gasteiger partial charge in [-0.25, -0.2) is 4.79 Å².